The van der Waals surface area contributed by atoms with Gasteiger partial charge in [-0.3, -0.25) is 4.79 Å². The summed E-state index contributed by atoms with van der Waals surface area (Å²) in [6, 6.07) is 8.95. The highest BCUT2D eigenvalue weighted by Gasteiger charge is 2.23. The zero-order valence-corrected chi connectivity index (χ0v) is 12.1. The van der Waals surface area contributed by atoms with Gasteiger partial charge in [-0.15, -0.1) is 0 Å². The molecule has 1 saturated heterocycles. The number of hydrogen-bond donors (Lipinski definition) is 1. The fraction of sp³-hybridized carbons (Fsp3) is 0.588. The number of fused-ring (bicyclic) bond motifs is 1. The average Bonchev–Trinajstić information content (AvgIpc) is 2.70. The van der Waals surface area contributed by atoms with Crippen molar-refractivity contribution in [2.45, 2.75) is 44.6 Å². The standard InChI is InChI=1S/C17H24N2O/c20-17(19-11-5-1-2-6-12-19)13-18-16-10-9-14-7-3-4-8-15(14)16/h3-4,7-8,16,18H,1-2,5-6,9-13H2. The Morgan fingerprint density at radius 1 is 1.15 bits per heavy atom. The summed E-state index contributed by atoms with van der Waals surface area (Å²) in [5.41, 5.74) is 2.82. The average molecular weight is 272 g/mol. The van der Waals surface area contributed by atoms with Gasteiger partial charge in [0.25, 0.3) is 0 Å². The lowest BCUT2D eigenvalue weighted by Gasteiger charge is -2.22. The van der Waals surface area contributed by atoms with Gasteiger partial charge in [0, 0.05) is 19.1 Å². The molecule has 0 bridgehead atoms. The summed E-state index contributed by atoms with van der Waals surface area (Å²) in [4.78, 5) is 14.3. The number of nitrogens with zero attached hydrogens (tertiary/aromatic N) is 1. The van der Waals surface area contributed by atoms with Gasteiger partial charge in [0.15, 0.2) is 0 Å². The van der Waals surface area contributed by atoms with Crippen LogP contribution >= 0.6 is 0 Å². The molecule has 3 rings (SSSR count). The monoisotopic (exact) mass is 272 g/mol. The number of aryl methyl sites for hydroxylation is 1. The van der Waals surface area contributed by atoms with Gasteiger partial charge in [-0.1, -0.05) is 37.1 Å². The number of likely N-dealkylation sites (tertiary alicyclic amines) is 1. The molecule has 1 unspecified atom stereocenters. The Kier molecular flexibility index (Phi) is 4.36. The molecule has 1 aromatic rings. The summed E-state index contributed by atoms with van der Waals surface area (Å²) >= 11 is 0. The number of carbonyl (C=O) groups is 1. The SMILES string of the molecule is O=C(CNC1CCc2ccccc21)N1CCCCCC1. The molecule has 2 aliphatic rings. The van der Waals surface area contributed by atoms with Crippen molar-refractivity contribution in [3.63, 3.8) is 0 Å². The van der Waals surface area contributed by atoms with Crippen LogP contribution < -0.4 is 5.32 Å². The molecule has 0 radical (unpaired) electrons. The van der Waals surface area contributed by atoms with Crippen molar-refractivity contribution >= 4 is 5.91 Å². The Morgan fingerprint density at radius 2 is 1.90 bits per heavy atom. The highest BCUT2D eigenvalue weighted by atomic mass is 16.2. The van der Waals surface area contributed by atoms with Gasteiger partial charge in [-0.05, 0) is 36.8 Å². The fourth-order valence-electron chi connectivity index (χ4n) is 3.41. The van der Waals surface area contributed by atoms with Crippen LogP contribution in [0.1, 0.15) is 49.3 Å². The lowest BCUT2D eigenvalue weighted by Crippen LogP contribution is -2.39. The molecule has 1 atom stereocenters. The highest BCUT2D eigenvalue weighted by molar-refractivity contribution is 5.78. The summed E-state index contributed by atoms with van der Waals surface area (Å²) in [6.07, 6.45) is 7.12. The predicted octanol–water partition coefficient (Wildman–Crippen LogP) is 2.67. The molecule has 1 aromatic carbocycles. The van der Waals surface area contributed by atoms with E-state index in [1.54, 1.807) is 0 Å². The van der Waals surface area contributed by atoms with Crippen LogP contribution in [0.25, 0.3) is 0 Å². The van der Waals surface area contributed by atoms with E-state index in [0.29, 0.717) is 12.6 Å². The molecule has 3 nitrogen and oxygen atoms in total. The molecular formula is C17H24N2O. The van der Waals surface area contributed by atoms with Gasteiger partial charge in [-0.2, -0.15) is 0 Å². The molecule has 108 valence electrons. The van der Waals surface area contributed by atoms with Crippen molar-refractivity contribution in [2.75, 3.05) is 19.6 Å². The smallest absolute Gasteiger partial charge is 0.236 e. The van der Waals surface area contributed by atoms with Crippen molar-refractivity contribution in [1.29, 1.82) is 0 Å². The van der Waals surface area contributed by atoms with Crippen molar-refractivity contribution in [3.05, 3.63) is 35.4 Å². The maximum Gasteiger partial charge on any atom is 0.236 e. The Balaban J connectivity index is 1.53. The van der Waals surface area contributed by atoms with Crippen LogP contribution in [0, 0.1) is 0 Å². The molecule has 0 spiro atoms. The molecule has 1 amide bonds. The van der Waals surface area contributed by atoms with Gasteiger partial charge in [0.05, 0.1) is 6.54 Å². The van der Waals surface area contributed by atoms with Crippen LogP contribution in [-0.2, 0) is 11.2 Å². The summed E-state index contributed by atoms with van der Waals surface area (Å²) in [5, 5.41) is 3.46. The lowest BCUT2D eigenvalue weighted by molar-refractivity contribution is -0.130. The minimum atomic E-state index is 0.274. The van der Waals surface area contributed by atoms with Crippen molar-refractivity contribution in [2.24, 2.45) is 0 Å². The van der Waals surface area contributed by atoms with E-state index in [1.807, 2.05) is 4.90 Å². The molecule has 1 aliphatic carbocycles. The molecule has 20 heavy (non-hydrogen) atoms. The second-order valence-electron chi connectivity index (χ2n) is 5.97. The van der Waals surface area contributed by atoms with E-state index in [-0.39, 0.29) is 5.91 Å². The number of benzene rings is 1. The summed E-state index contributed by atoms with van der Waals surface area (Å²) in [5.74, 6) is 0.274. The summed E-state index contributed by atoms with van der Waals surface area (Å²) < 4.78 is 0. The number of amides is 1. The van der Waals surface area contributed by atoms with Crippen molar-refractivity contribution < 1.29 is 4.79 Å². The molecular weight excluding hydrogens is 248 g/mol. The Hall–Kier alpha value is -1.35. The van der Waals surface area contributed by atoms with Crippen LogP contribution in [0.5, 0.6) is 0 Å². The molecule has 0 saturated carbocycles. The molecule has 1 fully saturated rings. The molecule has 1 N–H and O–H groups in total. The first-order valence-electron chi connectivity index (χ1n) is 7.93. The van der Waals surface area contributed by atoms with E-state index < -0.39 is 0 Å². The van der Waals surface area contributed by atoms with Gasteiger partial charge in [0.1, 0.15) is 0 Å². The summed E-state index contributed by atoms with van der Waals surface area (Å²) in [7, 11) is 0. The highest BCUT2D eigenvalue weighted by Crippen LogP contribution is 2.30. The normalized spacial score (nSPS) is 22.4. The zero-order valence-electron chi connectivity index (χ0n) is 12.1. The van der Waals surface area contributed by atoms with Gasteiger partial charge < -0.3 is 10.2 Å². The van der Waals surface area contributed by atoms with E-state index in [9.17, 15) is 4.79 Å². The van der Waals surface area contributed by atoms with Crippen molar-refractivity contribution in [1.82, 2.24) is 10.2 Å². The molecule has 0 aromatic heterocycles. The van der Waals surface area contributed by atoms with E-state index in [2.05, 4.69) is 29.6 Å². The van der Waals surface area contributed by atoms with Crippen LogP contribution in [0.2, 0.25) is 0 Å². The van der Waals surface area contributed by atoms with Gasteiger partial charge in [0.2, 0.25) is 5.91 Å². The van der Waals surface area contributed by atoms with E-state index in [0.717, 1.165) is 38.8 Å². The quantitative estimate of drug-likeness (QED) is 0.917. The topological polar surface area (TPSA) is 32.3 Å². The fourth-order valence-corrected chi connectivity index (χ4v) is 3.41. The first-order valence-corrected chi connectivity index (χ1v) is 7.93. The first kappa shape index (κ1) is 13.6. The number of rotatable bonds is 3. The van der Waals surface area contributed by atoms with Crippen molar-refractivity contribution in [3.8, 4) is 0 Å². The predicted molar refractivity (Wildman–Crippen MR) is 80.6 cm³/mol. The molecule has 3 heteroatoms. The van der Waals surface area contributed by atoms with E-state index in [4.69, 9.17) is 0 Å². The second-order valence-corrected chi connectivity index (χ2v) is 5.97. The maximum absolute atomic E-state index is 12.3. The molecule has 1 heterocycles. The Morgan fingerprint density at radius 3 is 2.70 bits per heavy atom. The third-order valence-electron chi connectivity index (χ3n) is 4.59. The van der Waals surface area contributed by atoms with Crippen LogP contribution in [0.15, 0.2) is 24.3 Å². The minimum Gasteiger partial charge on any atom is -0.342 e. The largest absolute Gasteiger partial charge is 0.342 e. The van der Waals surface area contributed by atoms with Crippen LogP contribution in [0.4, 0.5) is 0 Å². The number of hydrogen-bond acceptors (Lipinski definition) is 2. The third kappa shape index (κ3) is 3.04. The molecule has 1 aliphatic heterocycles. The third-order valence-corrected chi connectivity index (χ3v) is 4.59. The zero-order chi connectivity index (χ0) is 13.8. The number of nitrogens with one attached hydrogen (secondary N) is 1. The van der Waals surface area contributed by atoms with Crippen LogP contribution in [-0.4, -0.2) is 30.4 Å². The lowest BCUT2D eigenvalue weighted by atomic mass is 10.1. The first-order chi connectivity index (χ1) is 9.84. The second kappa shape index (κ2) is 6.40. The van der Waals surface area contributed by atoms with E-state index >= 15 is 0 Å². The van der Waals surface area contributed by atoms with E-state index in [1.165, 1.54) is 24.0 Å². The van der Waals surface area contributed by atoms with Crippen LogP contribution in [0.3, 0.4) is 0 Å². The Bertz CT molecular complexity index is 464. The maximum atomic E-state index is 12.3. The summed E-state index contributed by atoms with van der Waals surface area (Å²) in [6.45, 7) is 2.38. The number of carbonyl (C=O) groups excluding carboxylic acids is 1. The van der Waals surface area contributed by atoms with Gasteiger partial charge >= 0.3 is 0 Å². The minimum absolute atomic E-state index is 0.274. The Labute approximate surface area is 121 Å². The van der Waals surface area contributed by atoms with Gasteiger partial charge in [-0.25, -0.2) is 0 Å².